The Balaban J connectivity index is 3.01. The standard InChI is InChI=1S/C15H19NO4/c1-4-14(18)16(9-10(2)15(19)20)13-7-5-12(6-8-13)11(3)17/h5-8,10H,4,9H2,1-3H3,(H,19,20). The van der Waals surface area contributed by atoms with E-state index in [1.807, 2.05) is 0 Å². The number of ketones is 1. The van der Waals surface area contributed by atoms with Crippen LogP contribution in [0.5, 0.6) is 0 Å². The second kappa shape index (κ2) is 6.84. The molecule has 0 spiro atoms. The Bertz CT molecular complexity index is 507. The van der Waals surface area contributed by atoms with Crippen molar-refractivity contribution >= 4 is 23.3 Å². The lowest BCUT2D eigenvalue weighted by Crippen LogP contribution is -2.36. The molecule has 1 unspecified atom stereocenters. The smallest absolute Gasteiger partial charge is 0.308 e. The third-order valence-corrected chi connectivity index (χ3v) is 3.07. The van der Waals surface area contributed by atoms with Gasteiger partial charge < -0.3 is 10.0 Å². The minimum atomic E-state index is -0.945. The van der Waals surface area contributed by atoms with Gasteiger partial charge in [-0.2, -0.15) is 0 Å². The van der Waals surface area contributed by atoms with Gasteiger partial charge in [0.25, 0.3) is 0 Å². The molecule has 0 bridgehead atoms. The van der Waals surface area contributed by atoms with Gasteiger partial charge in [0.05, 0.1) is 5.92 Å². The molecular weight excluding hydrogens is 258 g/mol. The number of carboxylic acids is 1. The van der Waals surface area contributed by atoms with E-state index in [9.17, 15) is 14.4 Å². The number of aliphatic carboxylic acids is 1. The molecule has 1 amide bonds. The van der Waals surface area contributed by atoms with E-state index in [0.29, 0.717) is 17.7 Å². The van der Waals surface area contributed by atoms with E-state index in [1.54, 1.807) is 38.1 Å². The van der Waals surface area contributed by atoms with E-state index < -0.39 is 11.9 Å². The zero-order valence-electron chi connectivity index (χ0n) is 11.9. The van der Waals surface area contributed by atoms with Gasteiger partial charge in [-0.1, -0.05) is 13.8 Å². The van der Waals surface area contributed by atoms with E-state index in [1.165, 1.54) is 11.8 Å². The lowest BCUT2D eigenvalue weighted by molar-refractivity contribution is -0.140. The number of hydrogen-bond donors (Lipinski definition) is 1. The van der Waals surface area contributed by atoms with E-state index in [2.05, 4.69) is 0 Å². The molecule has 5 nitrogen and oxygen atoms in total. The Morgan fingerprint density at radius 2 is 1.75 bits per heavy atom. The van der Waals surface area contributed by atoms with Gasteiger partial charge in [-0.05, 0) is 31.2 Å². The second-order valence-corrected chi connectivity index (χ2v) is 4.70. The highest BCUT2D eigenvalue weighted by Gasteiger charge is 2.21. The molecular formula is C15H19NO4. The van der Waals surface area contributed by atoms with E-state index in [-0.39, 0.29) is 18.2 Å². The van der Waals surface area contributed by atoms with Crippen LogP contribution in [-0.2, 0) is 9.59 Å². The Morgan fingerprint density at radius 1 is 1.20 bits per heavy atom. The molecule has 1 N–H and O–H groups in total. The van der Waals surface area contributed by atoms with Crippen LogP contribution in [0.2, 0.25) is 0 Å². The molecule has 1 aromatic rings. The molecule has 108 valence electrons. The van der Waals surface area contributed by atoms with Crippen LogP contribution in [-0.4, -0.2) is 29.3 Å². The number of carboxylic acid groups (broad SMARTS) is 1. The summed E-state index contributed by atoms with van der Waals surface area (Å²) in [4.78, 5) is 35.6. The van der Waals surface area contributed by atoms with Gasteiger partial charge in [0.15, 0.2) is 5.78 Å². The number of Topliss-reactive ketones (excluding diaryl/α,β-unsaturated/α-hetero) is 1. The van der Waals surface area contributed by atoms with Crippen molar-refractivity contribution in [1.82, 2.24) is 0 Å². The highest BCUT2D eigenvalue weighted by molar-refractivity contribution is 5.96. The quantitative estimate of drug-likeness (QED) is 0.810. The molecule has 1 aromatic carbocycles. The van der Waals surface area contributed by atoms with Crippen molar-refractivity contribution in [2.24, 2.45) is 5.92 Å². The zero-order valence-corrected chi connectivity index (χ0v) is 11.9. The Hall–Kier alpha value is -2.17. The number of benzene rings is 1. The number of hydrogen-bond acceptors (Lipinski definition) is 3. The van der Waals surface area contributed by atoms with Crippen LogP contribution in [0.1, 0.15) is 37.6 Å². The summed E-state index contributed by atoms with van der Waals surface area (Å²) < 4.78 is 0. The lowest BCUT2D eigenvalue weighted by atomic mass is 10.1. The summed E-state index contributed by atoms with van der Waals surface area (Å²) >= 11 is 0. The van der Waals surface area contributed by atoms with Crippen LogP contribution in [0.25, 0.3) is 0 Å². The summed E-state index contributed by atoms with van der Waals surface area (Å²) in [7, 11) is 0. The first kappa shape index (κ1) is 15.9. The van der Waals surface area contributed by atoms with E-state index in [4.69, 9.17) is 5.11 Å². The molecule has 0 aliphatic heterocycles. The van der Waals surface area contributed by atoms with Crippen molar-refractivity contribution in [1.29, 1.82) is 0 Å². The Morgan fingerprint density at radius 3 is 2.15 bits per heavy atom. The monoisotopic (exact) mass is 277 g/mol. The molecule has 20 heavy (non-hydrogen) atoms. The first-order valence-electron chi connectivity index (χ1n) is 6.51. The van der Waals surface area contributed by atoms with Crippen molar-refractivity contribution < 1.29 is 19.5 Å². The molecule has 5 heteroatoms. The minimum absolute atomic E-state index is 0.0520. The number of carbonyl (C=O) groups is 3. The highest BCUT2D eigenvalue weighted by atomic mass is 16.4. The van der Waals surface area contributed by atoms with Gasteiger partial charge in [0.1, 0.15) is 0 Å². The van der Waals surface area contributed by atoms with Crippen LogP contribution in [0, 0.1) is 5.92 Å². The predicted octanol–water partition coefficient (Wildman–Crippen LogP) is 2.35. The van der Waals surface area contributed by atoms with Gasteiger partial charge in [-0.3, -0.25) is 14.4 Å². The average molecular weight is 277 g/mol. The largest absolute Gasteiger partial charge is 0.481 e. The first-order chi connectivity index (χ1) is 9.36. The van der Waals surface area contributed by atoms with Crippen LogP contribution in [0.15, 0.2) is 24.3 Å². The van der Waals surface area contributed by atoms with E-state index >= 15 is 0 Å². The molecule has 0 saturated heterocycles. The molecule has 1 atom stereocenters. The summed E-state index contributed by atoms with van der Waals surface area (Å²) in [6, 6.07) is 6.61. The molecule has 0 aromatic heterocycles. The maximum Gasteiger partial charge on any atom is 0.308 e. The number of nitrogens with zero attached hydrogens (tertiary/aromatic N) is 1. The van der Waals surface area contributed by atoms with Crippen molar-refractivity contribution in [3.8, 4) is 0 Å². The fourth-order valence-corrected chi connectivity index (χ4v) is 1.77. The number of amides is 1. The van der Waals surface area contributed by atoms with Crippen molar-refractivity contribution in [3.63, 3.8) is 0 Å². The second-order valence-electron chi connectivity index (χ2n) is 4.70. The fraction of sp³-hybridized carbons (Fsp3) is 0.400. The molecule has 1 rings (SSSR count). The number of carbonyl (C=O) groups excluding carboxylic acids is 2. The van der Waals surface area contributed by atoms with Crippen molar-refractivity contribution in [3.05, 3.63) is 29.8 Å². The van der Waals surface area contributed by atoms with Crippen LogP contribution >= 0.6 is 0 Å². The maximum absolute atomic E-state index is 12.0. The third kappa shape index (κ3) is 3.91. The van der Waals surface area contributed by atoms with Gasteiger partial charge in [0.2, 0.25) is 5.91 Å². The summed E-state index contributed by atoms with van der Waals surface area (Å²) in [6.45, 7) is 4.87. The normalized spacial score (nSPS) is 11.8. The van der Waals surface area contributed by atoms with Crippen LogP contribution < -0.4 is 4.90 Å². The van der Waals surface area contributed by atoms with Crippen molar-refractivity contribution in [2.75, 3.05) is 11.4 Å². The molecule has 0 radical (unpaired) electrons. The number of anilines is 1. The Kier molecular flexibility index (Phi) is 5.43. The SMILES string of the molecule is CCC(=O)N(CC(C)C(=O)O)c1ccc(C(C)=O)cc1. The maximum atomic E-state index is 12.0. The first-order valence-corrected chi connectivity index (χ1v) is 6.51. The third-order valence-electron chi connectivity index (χ3n) is 3.07. The minimum Gasteiger partial charge on any atom is -0.481 e. The zero-order chi connectivity index (χ0) is 15.3. The highest BCUT2D eigenvalue weighted by Crippen LogP contribution is 2.18. The lowest BCUT2D eigenvalue weighted by Gasteiger charge is -2.24. The van der Waals surface area contributed by atoms with E-state index in [0.717, 1.165) is 0 Å². The Labute approximate surface area is 118 Å². The van der Waals surface area contributed by atoms with Gasteiger partial charge >= 0.3 is 5.97 Å². The summed E-state index contributed by atoms with van der Waals surface area (Å²) in [5.41, 5.74) is 1.17. The summed E-state index contributed by atoms with van der Waals surface area (Å²) in [5.74, 6) is -1.80. The van der Waals surface area contributed by atoms with Gasteiger partial charge in [-0.15, -0.1) is 0 Å². The molecule has 0 aliphatic rings. The fourth-order valence-electron chi connectivity index (χ4n) is 1.77. The van der Waals surface area contributed by atoms with Crippen LogP contribution in [0.4, 0.5) is 5.69 Å². The average Bonchev–Trinajstić information content (AvgIpc) is 2.43. The van der Waals surface area contributed by atoms with Gasteiger partial charge in [0, 0.05) is 24.2 Å². The molecule has 0 heterocycles. The van der Waals surface area contributed by atoms with Gasteiger partial charge in [-0.25, -0.2) is 0 Å². The van der Waals surface area contributed by atoms with Crippen molar-refractivity contribution in [2.45, 2.75) is 27.2 Å². The van der Waals surface area contributed by atoms with Crippen LogP contribution in [0.3, 0.4) is 0 Å². The molecule has 0 saturated carbocycles. The topological polar surface area (TPSA) is 74.7 Å². The summed E-state index contributed by atoms with van der Waals surface area (Å²) in [5, 5.41) is 8.97. The summed E-state index contributed by atoms with van der Waals surface area (Å²) in [6.07, 6.45) is 0.292. The molecule has 0 aliphatic carbocycles. The predicted molar refractivity (Wildman–Crippen MR) is 75.9 cm³/mol. The number of rotatable bonds is 6. The molecule has 0 fully saturated rings.